The molecular weight excluding hydrogens is 425 g/mol. The van der Waals surface area contributed by atoms with Crippen LogP contribution in [0.3, 0.4) is 0 Å². The van der Waals surface area contributed by atoms with Crippen LogP contribution < -0.4 is 5.32 Å². The molecule has 27 heavy (non-hydrogen) atoms. The van der Waals surface area contributed by atoms with Gasteiger partial charge in [0, 0.05) is 5.02 Å². The highest BCUT2D eigenvalue weighted by molar-refractivity contribution is 8.01. The third-order valence-corrected chi connectivity index (χ3v) is 6.29. The van der Waals surface area contributed by atoms with Crippen molar-refractivity contribution in [2.24, 2.45) is 0 Å². The number of hydrogen-bond acceptors (Lipinski definition) is 5. The molecule has 0 aliphatic heterocycles. The predicted octanol–water partition coefficient (Wildman–Crippen LogP) is 5.43. The van der Waals surface area contributed by atoms with Crippen LogP contribution in [0.5, 0.6) is 0 Å². The highest BCUT2D eigenvalue weighted by Gasteiger charge is 2.12. The van der Waals surface area contributed by atoms with Crippen molar-refractivity contribution in [2.45, 2.75) is 17.3 Å². The molecule has 9 heteroatoms. The minimum Gasteiger partial charge on any atom is -0.349 e. The monoisotopic (exact) mass is 439 g/mol. The maximum Gasteiger partial charge on any atom is 0.230 e. The topological polar surface area (TPSA) is 46.9 Å². The molecule has 0 fully saturated rings. The van der Waals surface area contributed by atoms with Crippen molar-refractivity contribution in [2.75, 3.05) is 5.75 Å². The molecule has 1 N–H and O–H groups in total. The van der Waals surface area contributed by atoms with Crippen LogP contribution in [0, 0.1) is 9.77 Å². The second kappa shape index (κ2) is 8.97. The van der Waals surface area contributed by atoms with Crippen LogP contribution in [0.1, 0.15) is 18.5 Å². The summed E-state index contributed by atoms with van der Waals surface area (Å²) in [5, 5.41) is 8.01. The molecule has 3 rings (SSSR count). The number of amides is 1. The summed E-state index contributed by atoms with van der Waals surface area (Å²) >= 11 is 13.8. The summed E-state index contributed by atoms with van der Waals surface area (Å²) in [6.07, 6.45) is 0. The number of nitrogens with zero attached hydrogens (tertiary/aromatic N) is 2. The number of benzene rings is 2. The largest absolute Gasteiger partial charge is 0.349 e. The van der Waals surface area contributed by atoms with Crippen LogP contribution in [-0.2, 0) is 4.79 Å². The van der Waals surface area contributed by atoms with Gasteiger partial charge in [-0.2, -0.15) is 0 Å². The maximum absolute atomic E-state index is 13.1. The number of hydrogen-bond donors (Lipinski definition) is 1. The molecule has 1 heterocycles. The number of thioether (sulfide) groups is 1. The molecule has 0 radical (unpaired) electrons. The smallest absolute Gasteiger partial charge is 0.230 e. The van der Waals surface area contributed by atoms with E-state index in [9.17, 15) is 9.18 Å². The summed E-state index contributed by atoms with van der Waals surface area (Å²) in [6.45, 7) is 1.92. The molecule has 2 aromatic carbocycles. The molecule has 0 saturated heterocycles. The van der Waals surface area contributed by atoms with E-state index >= 15 is 0 Å². The Kier molecular flexibility index (Phi) is 6.64. The molecule has 3 aromatic rings. The van der Waals surface area contributed by atoms with Gasteiger partial charge in [-0.05, 0) is 61.1 Å². The van der Waals surface area contributed by atoms with Gasteiger partial charge < -0.3 is 5.32 Å². The summed E-state index contributed by atoms with van der Waals surface area (Å²) in [4.78, 5) is 12.2. The standard InChI is InChI=1S/C18H15ClFN3OS3/c1-11(12-2-4-13(19)5-3-12)21-16(24)10-26-17-22-23(18(25)27-17)15-8-6-14(20)7-9-15/h2-9,11H,10H2,1H3,(H,21,24). The zero-order chi connectivity index (χ0) is 19.4. The van der Waals surface area contributed by atoms with Crippen molar-refractivity contribution < 1.29 is 9.18 Å². The van der Waals surface area contributed by atoms with Gasteiger partial charge in [0.2, 0.25) is 5.91 Å². The summed E-state index contributed by atoms with van der Waals surface area (Å²) in [6, 6.07) is 13.2. The highest BCUT2D eigenvalue weighted by Crippen LogP contribution is 2.24. The van der Waals surface area contributed by atoms with Gasteiger partial charge in [0.1, 0.15) is 5.82 Å². The number of aromatic nitrogens is 2. The molecular formula is C18H15ClFN3OS3. The zero-order valence-corrected chi connectivity index (χ0v) is 17.4. The predicted molar refractivity (Wildman–Crippen MR) is 111 cm³/mol. The minimum absolute atomic E-state index is 0.100. The van der Waals surface area contributed by atoms with E-state index in [1.54, 1.807) is 28.9 Å². The van der Waals surface area contributed by atoms with Gasteiger partial charge in [-0.3, -0.25) is 4.79 Å². The van der Waals surface area contributed by atoms with E-state index < -0.39 is 0 Å². The van der Waals surface area contributed by atoms with Crippen LogP contribution in [0.15, 0.2) is 52.9 Å². The summed E-state index contributed by atoms with van der Waals surface area (Å²) in [5.74, 6) is -0.192. The Hall–Kier alpha value is -1.74. The SMILES string of the molecule is CC(NC(=O)CSc1nn(-c2ccc(F)cc2)c(=S)s1)c1ccc(Cl)cc1. The van der Waals surface area contributed by atoms with Gasteiger partial charge in [0.25, 0.3) is 0 Å². The van der Waals surface area contributed by atoms with Crippen molar-refractivity contribution in [3.8, 4) is 5.69 Å². The van der Waals surface area contributed by atoms with E-state index in [1.165, 1.54) is 35.2 Å². The first kappa shape index (κ1) is 20.0. The Morgan fingerprint density at radius 2 is 1.96 bits per heavy atom. The third kappa shape index (κ3) is 5.38. The molecule has 0 aliphatic carbocycles. The normalized spacial score (nSPS) is 12.0. The van der Waals surface area contributed by atoms with Crippen LogP contribution >= 0.6 is 46.9 Å². The van der Waals surface area contributed by atoms with Crippen LogP contribution in [0.4, 0.5) is 4.39 Å². The molecule has 1 atom stereocenters. The number of halogens is 2. The molecule has 1 amide bonds. The minimum atomic E-state index is -0.318. The number of nitrogens with one attached hydrogen (secondary N) is 1. The van der Waals surface area contributed by atoms with Gasteiger partial charge in [0.15, 0.2) is 8.29 Å². The number of carbonyl (C=O) groups is 1. The number of rotatable bonds is 6. The van der Waals surface area contributed by atoms with E-state index in [2.05, 4.69) is 10.4 Å². The molecule has 140 valence electrons. The molecule has 0 saturated carbocycles. The molecule has 1 unspecified atom stereocenters. The van der Waals surface area contributed by atoms with Crippen molar-refractivity contribution in [1.29, 1.82) is 0 Å². The first-order chi connectivity index (χ1) is 12.9. The van der Waals surface area contributed by atoms with E-state index in [4.69, 9.17) is 23.8 Å². The Bertz CT molecular complexity index is 986. The van der Waals surface area contributed by atoms with E-state index in [-0.39, 0.29) is 23.5 Å². The molecule has 4 nitrogen and oxygen atoms in total. The van der Waals surface area contributed by atoms with Gasteiger partial charge >= 0.3 is 0 Å². The fourth-order valence-corrected chi connectivity index (χ4v) is 4.61. The lowest BCUT2D eigenvalue weighted by molar-refractivity contribution is -0.119. The van der Waals surface area contributed by atoms with E-state index in [0.717, 1.165) is 5.56 Å². The fourth-order valence-electron chi connectivity index (χ4n) is 2.31. The number of carbonyl (C=O) groups excluding carboxylic acids is 1. The van der Waals surface area contributed by atoms with Crippen LogP contribution in [-0.4, -0.2) is 21.4 Å². The first-order valence-electron chi connectivity index (χ1n) is 7.96. The lowest BCUT2D eigenvalue weighted by Gasteiger charge is -2.14. The lowest BCUT2D eigenvalue weighted by Crippen LogP contribution is -2.28. The fraction of sp³-hybridized carbons (Fsp3) is 0.167. The molecule has 0 spiro atoms. The Morgan fingerprint density at radius 1 is 1.30 bits per heavy atom. The molecule has 0 aliphatic rings. The highest BCUT2D eigenvalue weighted by atomic mass is 35.5. The Balaban J connectivity index is 1.59. The van der Waals surface area contributed by atoms with Gasteiger partial charge in [-0.1, -0.05) is 46.8 Å². The quantitative estimate of drug-likeness (QED) is 0.411. The summed E-state index contributed by atoms with van der Waals surface area (Å²) in [5.41, 5.74) is 1.67. The van der Waals surface area contributed by atoms with E-state index in [1.807, 2.05) is 19.1 Å². The van der Waals surface area contributed by atoms with Crippen molar-refractivity contribution in [3.63, 3.8) is 0 Å². The Labute approximate surface area is 174 Å². The van der Waals surface area contributed by atoms with Gasteiger partial charge in [-0.25, -0.2) is 9.07 Å². The first-order valence-corrected chi connectivity index (χ1v) is 10.5. The van der Waals surface area contributed by atoms with Crippen molar-refractivity contribution >= 4 is 52.8 Å². The van der Waals surface area contributed by atoms with Crippen molar-refractivity contribution in [1.82, 2.24) is 15.1 Å². The lowest BCUT2D eigenvalue weighted by atomic mass is 10.1. The van der Waals surface area contributed by atoms with Gasteiger partial charge in [0.05, 0.1) is 17.5 Å². The zero-order valence-electron chi connectivity index (χ0n) is 14.2. The summed E-state index contributed by atoms with van der Waals surface area (Å²) < 4.78 is 15.8. The maximum atomic E-state index is 13.1. The second-order valence-electron chi connectivity index (χ2n) is 5.65. The summed E-state index contributed by atoms with van der Waals surface area (Å²) in [7, 11) is 0. The average molecular weight is 440 g/mol. The average Bonchev–Trinajstić information content (AvgIpc) is 3.02. The van der Waals surface area contributed by atoms with E-state index in [0.29, 0.717) is 19.0 Å². The van der Waals surface area contributed by atoms with Crippen molar-refractivity contribution in [3.05, 3.63) is 68.9 Å². The van der Waals surface area contributed by atoms with Gasteiger partial charge in [-0.15, -0.1) is 5.10 Å². The van der Waals surface area contributed by atoms with Crippen LogP contribution in [0.25, 0.3) is 5.69 Å². The van der Waals surface area contributed by atoms with Crippen LogP contribution in [0.2, 0.25) is 5.02 Å². The second-order valence-corrected chi connectivity index (χ2v) is 8.93. The Morgan fingerprint density at radius 3 is 2.63 bits per heavy atom. The molecule has 1 aromatic heterocycles. The molecule has 0 bridgehead atoms. The third-order valence-electron chi connectivity index (χ3n) is 3.67.